The van der Waals surface area contributed by atoms with E-state index in [1.807, 2.05) is 31.2 Å². The monoisotopic (exact) mass is 358 g/mol. The van der Waals surface area contributed by atoms with Crippen molar-refractivity contribution in [2.24, 2.45) is 5.92 Å². The lowest BCUT2D eigenvalue weighted by Gasteiger charge is -2.14. The summed E-state index contributed by atoms with van der Waals surface area (Å²) in [6.45, 7) is 4.91. The molecule has 0 radical (unpaired) electrons. The largest absolute Gasteiger partial charge is 0.508 e. The van der Waals surface area contributed by atoms with E-state index >= 15 is 0 Å². The number of aromatic hydroxyl groups is 1. The summed E-state index contributed by atoms with van der Waals surface area (Å²) in [7, 11) is 1.63. The van der Waals surface area contributed by atoms with Crippen LogP contribution in [-0.2, 0) is 4.74 Å². The molecule has 2 heterocycles. The third-order valence-corrected chi connectivity index (χ3v) is 4.45. The standard InChI is InChI=1S/C20H26N2O4/c1-12(11-25-3)26-17-7-14(6-16(24)9-17)18-4-5-19(22-18)20-8-15(10-21-20)13(2)23/h4-9,12-13,15,21-24H,10-11H2,1-3H3/t12-,13-,15-/m0/s1. The number of hydrogen-bond donors (Lipinski definition) is 4. The van der Waals surface area contributed by atoms with Crippen LogP contribution >= 0.6 is 0 Å². The minimum Gasteiger partial charge on any atom is -0.508 e. The zero-order chi connectivity index (χ0) is 18.7. The molecule has 6 nitrogen and oxygen atoms in total. The van der Waals surface area contributed by atoms with E-state index < -0.39 is 0 Å². The van der Waals surface area contributed by atoms with Crippen LogP contribution in [0.25, 0.3) is 17.0 Å². The molecule has 0 amide bonds. The van der Waals surface area contributed by atoms with Gasteiger partial charge in [0.25, 0.3) is 0 Å². The quantitative estimate of drug-likeness (QED) is 0.611. The lowest BCUT2D eigenvalue weighted by Crippen LogP contribution is -2.20. The van der Waals surface area contributed by atoms with Crippen LogP contribution in [0.15, 0.2) is 36.4 Å². The van der Waals surface area contributed by atoms with Crippen molar-refractivity contribution in [3.8, 4) is 22.8 Å². The molecule has 0 saturated carbocycles. The van der Waals surface area contributed by atoms with Gasteiger partial charge >= 0.3 is 0 Å². The molecular weight excluding hydrogens is 332 g/mol. The minimum absolute atomic E-state index is 0.111. The normalized spacial score (nSPS) is 18.9. The average Bonchev–Trinajstić information content (AvgIpc) is 3.24. The van der Waals surface area contributed by atoms with Crippen LogP contribution in [-0.4, -0.2) is 47.7 Å². The summed E-state index contributed by atoms with van der Waals surface area (Å²) in [5.74, 6) is 0.846. The first-order valence-corrected chi connectivity index (χ1v) is 8.79. The van der Waals surface area contributed by atoms with Crippen LogP contribution < -0.4 is 10.1 Å². The number of aromatic amines is 1. The number of aliphatic hydroxyl groups is 1. The van der Waals surface area contributed by atoms with Crippen molar-refractivity contribution >= 4 is 5.70 Å². The first-order chi connectivity index (χ1) is 12.5. The van der Waals surface area contributed by atoms with Crippen LogP contribution in [0.3, 0.4) is 0 Å². The maximum absolute atomic E-state index is 10.0. The van der Waals surface area contributed by atoms with Gasteiger partial charge in [-0.2, -0.15) is 0 Å². The fraction of sp³-hybridized carbons (Fsp3) is 0.400. The number of H-pyrrole nitrogens is 1. The number of aromatic nitrogens is 1. The van der Waals surface area contributed by atoms with Gasteiger partial charge in [0, 0.05) is 36.9 Å². The smallest absolute Gasteiger partial charge is 0.124 e. The molecule has 3 atom stereocenters. The second-order valence-electron chi connectivity index (χ2n) is 6.75. The molecule has 1 aliphatic rings. The van der Waals surface area contributed by atoms with Gasteiger partial charge in [-0.05, 0) is 38.1 Å². The molecule has 0 aliphatic carbocycles. The van der Waals surface area contributed by atoms with Crippen LogP contribution in [0.1, 0.15) is 19.5 Å². The third-order valence-electron chi connectivity index (χ3n) is 4.45. The Morgan fingerprint density at radius 2 is 1.96 bits per heavy atom. The van der Waals surface area contributed by atoms with Crippen molar-refractivity contribution in [2.75, 3.05) is 20.3 Å². The predicted octanol–water partition coefficient (Wildman–Crippen LogP) is 2.74. The topological polar surface area (TPSA) is 86.7 Å². The van der Waals surface area contributed by atoms with Crippen molar-refractivity contribution < 1.29 is 19.7 Å². The second kappa shape index (κ2) is 7.85. The van der Waals surface area contributed by atoms with E-state index in [0.29, 0.717) is 12.4 Å². The lowest BCUT2D eigenvalue weighted by molar-refractivity contribution is 0.0919. The molecule has 6 heteroatoms. The molecule has 3 rings (SSSR count). The summed E-state index contributed by atoms with van der Waals surface area (Å²) in [6.07, 6.45) is 1.55. The number of aliphatic hydroxyl groups excluding tert-OH is 1. The summed E-state index contributed by atoms with van der Waals surface area (Å²) in [4.78, 5) is 3.36. The number of methoxy groups -OCH3 is 1. The van der Waals surface area contributed by atoms with Gasteiger partial charge in [-0.3, -0.25) is 0 Å². The van der Waals surface area contributed by atoms with Gasteiger partial charge in [-0.1, -0.05) is 6.08 Å². The Morgan fingerprint density at radius 3 is 2.65 bits per heavy atom. The Bertz CT molecular complexity index is 782. The van der Waals surface area contributed by atoms with E-state index in [2.05, 4.69) is 10.3 Å². The van der Waals surface area contributed by atoms with Crippen molar-refractivity contribution in [3.05, 3.63) is 42.1 Å². The number of ether oxygens (including phenoxy) is 2. The van der Waals surface area contributed by atoms with Crippen LogP contribution in [0, 0.1) is 5.92 Å². The van der Waals surface area contributed by atoms with Gasteiger partial charge < -0.3 is 30.0 Å². The van der Waals surface area contributed by atoms with E-state index in [1.165, 1.54) is 0 Å². The van der Waals surface area contributed by atoms with Gasteiger partial charge in [-0.25, -0.2) is 0 Å². The fourth-order valence-electron chi connectivity index (χ4n) is 3.08. The molecule has 1 aliphatic heterocycles. The van der Waals surface area contributed by atoms with Crippen molar-refractivity contribution in [3.63, 3.8) is 0 Å². The van der Waals surface area contributed by atoms with Gasteiger partial charge in [0.05, 0.1) is 24.1 Å². The highest BCUT2D eigenvalue weighted by Gasteiger charge is 2.21. The average molecular weight is 358 g/mol. The highest BCUT2D eigenvalue weighted by atomic mass is 16.5. The molecule has 1 aromatic heterocycles. The molecular formula is C20H26N2O4. The first-order valence-electron chi connectivity index (χ1n) is 8.79. The Kier molecular flexibility index (Phi) is 5.54. The second-order valence-corrected chi connectivity index (χ2v) is 6.75. The number of phenolic OH excluding ortho intramolecular Hbond substituents is 1. The molecule has 4 N–H and O–H groups in total. The van der Waals surface area contributed by atoms with Crippen molar-refractivity contribution in [1.29, 1.82) is 0 Å². The van der Waals surface area contributed by atoms with Crippen LogP contribution in [0.2, 0.25) is 0 Å². The fourth-order valence-corrected chi connectivity index (χ4v) is 3.08. The Labute approximate surface area is 153 Å². The maximum Gasteiger partial charge on any atom is 0.124 e. The Hall–Kier alpha value is -2.44. The Morgan fingerprint density at radius 1 is 1.19 bits per heavy atom. The minimum atomic E-state index is -0.380. The molecule has 26 heavy (non-hydrogen) atoms. The highest BCUT2D eigenvalue weighted by molar-refractivity contribution is 5.70. The SMILES string of the molecule is COC[C@H](C)Oc1cc(O)cc(-c2ccc(C3=C[C@H]([C@H](C)O)CN3)[nH]2)c1. The summed E-state index contributed by atoms with van der Waals surface area (Å²) in [5, 5.41) is 23.1. The number of rotatable bonds is 7. The zero-order valence-electron chi connectivity index (χ0n) is 15.3. The molecule has 2 aromatic rings. The first kappa shape index (κ1) is 18.4. The summed E-state index contributed by atoms with van der Waals surface area (Å²) >= 11 is 0. The molecule has 0 spiro atoms. The van der Waals surface area contributed by atoms with E-state index in [0.717, 1.165) is 29.2 Å². The van der Waals surface area contributed by atoms with E-state index in [1.54, 1.807) is 26.2 Å². The molecule has 0 saturated heterocycles. The lowest BCUT2D eigenvalue weighted by atomic mass is 10.1. The van der Waals surface area contributed by atoms with Gasteiger partial charge in [0.1, 0.15) is 17.6 Å². The maximum atomic E-state index is 10.0. The molecule has 0 unspecified atom stereocenters. The number of benzene rings is 1. The predicted molar refractivity (Wildman–Crippen MR) is 101 cm³/mol. The van der Waals surface area contributed by atoms with Gasteiger partial charge in [-0.15, -0.1) is 0 Å². The van der Waals surface area contributed by atoms with E-state index in [9.17, 15) is 10.2 Å². The van der Waals surface area contributed by atoms with Crippen LogP contribution in [0.5, 0.6) is 11.5 Å². The van der Waals surface area contributed by atoms with Gasteiger partial charge in [0.2, 0.25) is 0 Å². The van der Waals surface area contributed by atoms with Gasteiger partial charge in [0.15, 0.2) is 0 Å². The number of nitrogens with one attached hydrogen (secondary N) is 2. The third kappa shape index (κ3) is 4.20. The van der Waals surface area contributed by atoms with Crippen molar-refractivity contribution in [1.82, 2.24) is 10.3 Å². The number of hydrogen-bond acceptors (Lipinski definition) is 5. The zero-order valence-corrected chi connectivity index (χ0v) is 15.3. The van der Waals surface area contributed by atoms with E-state index in [4.69, 9.17) is 9.47 Å². The Balaban J connectivity index is 1.81. The summed E-state index contributed by atoms with van der Waals surface area (Å²) in [6, 6.07) is 9.12. The highest BCUT2D eigenvalue weighted by Crippen LogP contribution is 2.31. The van der Waals surface area contributed by atoms with Crippen LogP contribution in [0.4, 0.5) is 0 Å². The number of phenols is 1. The molecule has 0 fully saturated rings. The van der Waals surface area contributed by atoms with E-state index in [-0.39, 0.29) is 23.9 Å². The summed E-state index contributed by atoms with van der Waals surface area (Å²) < 4.78 is 10.9. The van der Waals surface area contributed by atoms with Crippen molar-refractivity contribution in [2.45, 2.75) is 26.1 Å². The molecule has 140 valence electrons. The summed E-state index contributed by atoms with van der Waals surface area (Å²) in [5.41, 5.74) is 3.64. The molecule has 1 aromatic carbocycles. The molecule has 0 bridgehead atoms.